The smallest absolute Gasteiger partial charge is 0.264 e. The minimum atomic E-state index is -0.698. The van der Waals surface area contributed by atoms with Crippen molar-refractivity contribution in [3.63, 3.8) is 0 Å². The lowest BCUT2D eigenvalue weighted by atomic mass is 10.0. The third kappa shape index (κ3) is 3.47. The first-order valence-electron chi connectivity index (χ1n) is 6.93. The van der Waals surface area contributed by atoms with Crippen LogP contribution < -0.4 is 5.32 Å². The summed E-state index contributed by atoms with van der Waals surface area (Å²) in [6.07, 6.45) is 1.68. The second-order valence-electron chi connectivity index (χ2n) is 5.49. The summed E-state index contributed by atoms with van der Waals surface area (Å²) in [7, 11) is 0. The molecule has 0 unspecified atom stereocenters. The van der Waals surface area contributed by atoms with Gasteiger partial charge in [-0.1, -0.05) is 12.1 Å². The average molecular weight is 308 g/mol. The highest BCUT2D eigenvalue weighted by Crippen LogP contribution is 2.21. The molecule has 2 heterocycles. The Balaban J connectivity index is 2.16. The summed E-state index contributed by atoms with van der Waals surface area (Å²) in [4.78, 5) is 21.6. The number of nitrogens with one attached hydrogen (secondary N) is 1. The summed E-state index contributed by atoms with van der Waals surface area (Å²) >= 11 is 1.38. The van der Waals surface area contributed by atoms with Crippen LogP contribution in [0.5, 0.6) is 0 Å². The molecule has 0 aromatic carbocycles. The van der Waals surface area contributed by atoms with Crippen LogP contribution in [0.3, 0.4) is 0 Å². The fourth-order valence-corrected chi connectivity index (χ4v) is 2.78. The van der Waals surface area contributed by atoms with Gasteiger partial charge in [0.2, 0.25) is 5.89 Å². The maximum atomic E-state index is 12.4. The van der Waals surface area contributed by atoms with Crippen LogP contribution in [0.4, 0.5) is 0 Å². The standard InChI is InChI=1S/C14H20N4O2S/c1-6-7-10-16-13(18-20-10)14(4,5)17-12(19)11-8(2)15-9(3)21-11/h6-7H2,1-5H3,(H,17,19). The van der Waals surface area contributed by atoms with Crippen LogP contribution in [-0.2, 0) is 12.0 Å². The molecule has 0 aliphatic heterocycles. The van der Waals surface area contributed by atoms with Crippen molar-refractivity contribution in [2.24, 2.45) is 0 Å². The van der Waals surface area contributed by atoms with Gasteiger partial charge in [-0.25, -0.2) is 4.98 Å². The molecule has 2 rings (SSSR count). The lowest BCUT2D eigenvalue weighted by molar-refractivity contribution is 0.0911. The van der Waals surface area contributed by atoms with Gasteiger partial charge in [-0.15, -0.1) is 11.3 Å². The molecule has 0 bridgehead atoms. The van der Waals surface area contributed by atoms with Gasteiger partial charge in [0.05, 0.1) is 16.2 Å². The molecule has 21 heavy (non-hydrogen) atoms. The van der Waals surface area contributed by atoms with Crippen LogP contribution in [0.2, 0.25) is 0 Å². The lowest BCUT2D eigenvalue weighted by Crippen LogP contribution is -2.41. The quantitative estimate of drug-likeness (QED) is 0.918. The molecular weight excluding hydrogens is 288 g/mol. The molecule has 0 saturated heterocycles. The number of hydrogen-bond acceptors (Lipinski definition) is 6. The molecular formula is C14H20N4O2S. The topological polar surface area (TPSA) is 80.9 Å². The van der Waals surface area contributed by atoms with Crippen molar-refractivity contribution >= 4 is 17.2 Å². The largest absolute Gasteiger partial charge is 0.339 e. The van der Waals surface area contributed by atoms with Gasteiger partial charge in [-0.05, 0) is 34.1 Å². The van der Waals surface area contributed by atoms with E-state index < -0.39 is 5.54 Å². The monoisotopic (exact) mass is 308 g/mol. The maximum Gasteiger partial charge on any atom is 0.264 e. The third-order valence-corrected chi connectivity index (χ3v) is 4.10. The Kier molecular flexibility index (Phi) is 4.41. The normalized spacial score (nSPS) is 11.7. The first-order chi connectivity index (χ1) is 9.83. The highest BCUT2D eigenvalue weighted by atomic mass is 32.1. The molecule has 7 heteroatoms. The number of hydrogen-bond donors (Lipinski definition) is 1. The van der Waals surface area contributed by atoms with E-state index in [1.165, 1.54) is 11.3 Å². The fraction of sp³-hybridized carbons (Fsp3) is 0.571. The molecule has 0 saturated carbocycles. The summed E-state index contributed by atoms with van der Waals surface area (Å²) in [6.45, 7) is 9.48. The van der Waals surface area contributed by atoms with E-state index in [2.05, 4.69) is 20.4 Å². The Morgan fingerprint density at radius 3 is 2.62 bits per heavy atom. The Morgan fingerprint density at radius 1 is 1.33 bits per heavy atom. The highest BCUT2D eigenvalue weighted by molar-refractivity contribution is 7.13. The molecule has 0 aliphatic rings. The molecule has 6 nitrogen and oxygen atoms in total. The molecule has 1 amide bonds. The van der Waals surface area contributed by atoms with Crippen LogP contribution in [0.1, 0.15) is 59.3 Å². The van der Waals surface area contributed by atoms with Crippen molar-refractivity contribution in [2.75, 3.05) is 0 Å². The summed E-state index contributed by atoms with van der Waals surface area (Å²) in [5.41, 5.74) is 0.0438. The number of nitrogens with zero attached hydrogens (tertiary/aromatic N) is 3. The van der Waals surface area contributed by atoms with Crippen LogP contribution in [0.15, 0.2) is 4.52 Å². The van der Waals surface area contributed by atoms with E-state index in [0.29, 0.717) is 16.6 Å². The van der Waals surface area contributed by atoms with Crippen molar-refractivity contribution in [1.29, 1.82) is 0 Å². The summed E-state index contributed by atoms with van der Waals surface area (Å²) < 4.78 is 5.18. The van der Waals surface area contributed by atoms with E-state index in [1.54, 1.807) is 0 Å². The number of aromatic nitrogens is 3. The molecule has 114 valence electrons. The number of carbonyl (C=O) groups excluding carboxylic acids is 1. The molecule has 0 fully saturated rings. The fourth-order valence-electron chi connectivity index (χ4n) is 1.96. The van der Waals surface area contributed by atoms with Crippen LogP contribution in [0.25, 0.3) is 0 Å². The number of carbonyl (C=O) groups is 1. The number of thiazole rings is 1. The van der Waals surface area contributed by atoms with E-state index in [0.717, 1.165) is 23.5 Å². The Morgan fingerprint density at radius 2 is 2.05 bits per heavy atom. The van der Waals surface area contributed by atoms with E-state index >= 15 is 0 Å². The zero-order valence-corrected chi connectivity index (χ0v) is 13.8. The predicted octanol–water partition coefficient (Wildman–Crippen LogP) is 2.76. The highest BCUT2D eigenvalue weighted by Gasteiger charge is 2.30. The molecule has 1 N–H and O–H groups in total. The van der Waals surface area contributed by atoms with Gasteiger partial charge in [0.15, 0.2) is 5.82 Å². The second-order valence-corrected chi connectivity index (χ2v) is 6.69. The van der Waals surface area contributed by atoms with Crippen molar-refractivity contribution in [3.05, 3.63) is 27.3 Å². The zero-order valence-electron chi connectivity index (χ0n) is 13.0. The van der Waals surface area contributed by atoms with Crippen molar-refractivity contribution in [2.45, 2.75) is 53.0 Å². The van der Waals surface area contributed by atoms with Gasteiger partial charge in [0.25, 0.3) is 5.91 Å². The summed E-state index contributed by atoms with van der Waals surface area (Å²) in [5.74, 6) is 0.919. The van der Waals surface area contributed by atoms with E-state index in [4.69, 9.17) is 4.52 Å². The minimum absolute atomic E-state index is 0.162. The van der Waals surface area contributed by atoms with Crippen molar-refractivity contribution in [3.8, 4) is 0 Å². The number of rotatable bonds is 5. The Bertz CT molecular complexity index is 645. The van der Waals surface area contributed by atoms with E-state index in [1.807, 2.05) is 34.6 Å². The third-order valence-electron chi connectivity index (χ3n) is 3.03. The number of amides is 1. The van der Waals surface area contributed by atoms with Gasteiger partial charge in [-0.2, -0.15) is 4.98 Å². The molecule has 0 aliphatic carbocycles. The first kappa shape index (κ1) is 15.6. The van der Waals surface area contributed by atoms with Gasteiger partial charge in [0, 0.05) is 6.42 Å². The van der Waals surface area contributed by atoms with Crippen LogP contribution >= 0.6 is 11.3 Å². The van der Waals surface area contributed by atoms with Gasteiger partial charge >= 0.3 is 0 Å². The van der Waals surface area contributed by atoms with Gasteiger partial charge in [-0.3, -0.25) is 4.79 Å². The molecule has 0 atom stereocenters. The SMILES string of the molecule is CCCc1nc(C(C)(C)NC(=O)c2sc(C)nc2C)no1. The zero-order chi connectivity index (χ0) is 15.6. The Labute approximate surface area is 128 Å². The summed E-state index contributed by atoms with van der Waals surface area (Å²) in [5, 5.41) is 7.79. The molecule has 0 spiro atoms. The van der Waals surface area contributed by atoms with Crippen molar-refractivity contribution in [1.82, 2.24) is 20.4 Å². The predicted molar refractivity (Wildman–Crippen MR) is 80.4 cm³/mol. The molecule has 0 radical (unpaired) electrons. The van der Waals surface area contributed by atoms with Crippen LogP contribution in [-0.4, -0.2) is 21.0 Å². The van der Waals surface area contributed by atoms with Gasteiger partial charge < -0.3 is 9.84 Å². The van der Waals surface area contributed by atoms with E-state index in [-0.39, 0.29) is 5.91 Å². The Hall–Kier alpha value is -1.76. The van der Waals surface area contributed by atoms with Gasteiger partial charge in [0.1, 0.15) is 4.88 Å². The minimum Gasteiger partial charge on any atom is -0.339 e. The van der Waals surface area contributed by atoms with Crippen LogP contribution in [0, 0.1) is 13.8 Å². The molecule has 2 aromatic rings. The maximum absolute atomic E-state index is 12.4. The van der Waals surface area contributed by atoms with Crippen molar-refractivity contribution < 1.29 is 9.32 Å². The number of aryl methyl sites for hydroxylation is 3. The first-order valence-corrected chi connectivity index (χ1v) is 7.74. The summed E-state index contributed by atoms with van der Waals surface area (Å²) in [6, 6.07) is 0. The van der Waals surface area contributed by atoms with E-state index in [9.17, 15) is 4.79 Å². The average Bonchev–Trinajstić information content (AvgIpc) is 2.96. The lowest BCUT2D eigenvalue weighted by Gasteiger charge is -2.21. The molecule has 2 aromatic heterocycles. The second kappa shape index (κ2) is 5.93.